The van der Waals surface area contributed by atoms with Crippen molar-refractivity contribution in [3.8, 4) is 16.9 Å². The molecule has 156 valence electrons. The zero-order chi connectivity index (χ0) is 22.1. The van der Waals surface area contributed by atoms with Gasteiger partial charge in [-0.25, -0.2) is 22.7 Å². The topological polar surface area (TPSA) is 105 Å². The predicted octanol–water partition coefficient (Wildman–Crippen LogP) is 3.17. The summed E-state index contributed by atoms with van der Waals surface area (Å²) in [6, 6.07) is 12.7. The van der Waals surface area contributed by atoms with Gasteiger partial charge in [-0.1, -0.05) is 29.8 Å². The van der Waals surface area contributed by atoms with Crippen LogP contribution >= 0.6 is 11.6 Å². The number of halogens is 1. The molecule has 10 heteroatoms. The van der Waals surface area contributed by atoms with Gasteiger partial charge in [-0.3, -0.25) is 0 Å². The molecule has 0 unspecified atom stereocenters. The highest BCUT2D eigenvalue weighted by Gasteiger charge is 2.33. The number of nitrogens with zero attached hydrogens (tertiary/aromatic N) is 2. The van der Waals surface area contributed by atoms with E-state index in [1.165, 1.54) is 22.9 Å². The fourth-order valence-corrected chi connectivity index (χ4v) is 4.08. The number of methoxy groups -OCH3 is 2. The zero-order valence-electron chi connectivity index (χ0n) is 16.2. The first-order valence-electron chi connectivity index (χ1n) is 8.54. The molecule has 0 radical (unpaired) electrons. The Hall–Kier alpha value is -3.17. The van der Waals surface area contributed by atoms with Crippen molar-refractivity contribution in [3.05, 3.63) is 64.8 Å². The summed E-state index contributed by atoms with van der Waals surface area (Å²) in [6.45, 7) is 0. The van der Waals surface area contributed by atoms with Gasteiger partial charge in [-0.05, 0) is 30.3 Å². The molecule has 0 atom stereocenters. The molecule has 30 heavy (non-hydrogen) atoms. The summed E-state index contributed by atoms with van der Waals surface area (Å²) in [5.41, 5.74) is 0.0925. The molecular weight excluding hydrogens is 432 g/mol. The number of hydrogen-bond acceptors (Lipinski definition) is 7. The van der Waals surface area contributed by atoms with Gasteiger partial charge in [-0.2, -0.15) is 5.10 Å². The Bertz CT molecular complexity index is 1240. The van der Waals surface area contributed by atoms with E-state index in [1.54, 1.807) is 30.3 Å². The number of carbonyl (C=O) groups excluding carboxylic acids is 2. The molecule has 0 saturated carbocycles. The maximum atomic E-state index is 12.7. The highest BCUT2D eigenvalue weighted by atomic mass is 35.5. The third-order valence-corrected chi connectivity index (χ3v) is 5.62. The van der Waals surface area contributed by atoms with Gasteiger partial charge in [0.2, 0.25) is 0 Å². The van der Waals surface area contributed by atoms with Crippen molar-refractivity contribution in [1.29, 1.82) is 0 Å². The maximum Gasteiger partial charge on any atom is 0.357 e. The molecule has 0 aliphatic rings. The van der Waals surface area contributed by atoms with Gasteiger partial charge < -0.3 is 9.47 Å². The van der Waals surface area contributed by atoms with Crippen molar-refractivity contribution in [2.24, 2.45) is 0 Å². The van der Waals surface area contributed by atoms with Crippen LogP contribution in [0.1, 0.15) is 20.8 Å². The van der Waals surface area contributed by atoms with E-state index < -0.39 is 21.8 Å². The molecule has 0 amide bonds. The first-order chi connectivity index (χ1) is 14.2. The molecule has 8 nitrogen and oxygen atoms in total. The third kappa shape index (κ3) is 3.94. The summed E-state index contributed by atoms with van der Waals surface area (Å²) in [6.07, 6.45) is 1.01. The van der Waals surface area contributed by atoms with E-state index in [9.17, 15) is 18.0 Å². The summed E-state index contributed by atoms with van der Waals surface area (Å²) in [5, 5.41) is 4.59. The average molecular weight is 449 g/mol. The number of para-hydroxylation sites is 1. The molecule has 0 saturated heterocycles. The first kappa shape index (κ1) is 21.5. The van der Waals surface area contributed by atoms with Crippen LogP contribution in [0.3, 0.4) is 0 Å². The van der Waals surface area contributed by atoms with Crippen molar-refractivity contribution < 1.29 is 27.5 Å². The number of sulfone groups is 1. The van der Waals surface area contributed by atoms with E-state index in [4.69, 9.17) is 21.1 Å². The van der Waals surface area contributed by atoms with Gasteiger partial charge in [0.05, 0.1) is 24.8 Å². The molecule has 3 aromatic rings. The van der Waals surface area contributed by atoms with E-state index in [2.05, 4.69) is 5.10 Å². The second kappa shape index (κ2) is 8.29. The Kier molecular flexibility index (Phi) is 5.95. The lowest BCUT2D eigenvalue weighted by atomic mass is 10.1. The summed E-state index contributed by atoms with van der Waals surface area (Å²) in [4.78, 5) is 25.1. The first-order valence-corrected chi connectivity index (χ1v) is 10.8. The van der Waals surface area contributed by atoms with Gasteiger partial charge >= 0.3 is 11.9 Å². The Morgan fingerprint density at radius 2 is 1.63 bits per heavy atom. The number of benzene rings is 2. The van der Waals surface area contributed by atoms with E-state index in [0.29, 0.717) is 5.69 Å². The van der Waals surface area contributed by atoms with Crippen LogP contribution in [0, 0.1) is 0 Å². The van der Waals surface area contributed by atoms with E-state index in [1.807, 2.05) is 0 Å². The smallest absolute Gasteiger partial charge is 0.357 e. The number of hydrogen-bond donors (Lipinski definition) is 0. The summed E-state index contributed by atoms with van der Waals surface area (Å²) < 4.78 is 35.7. The number of ether oxygens (including phenoxy) is 2. The normalized spacial score (nSPS) is 11.2. The summed E-state index contributed by atoms with van der Waals surface area (Å²) in [5.74, 6) is -1.71. The number of rotatable bonds is 5. The van der Waals surface area contributed by atoms with Crippen LogP contribution in [0.15, 0.2) is 53.4 Å². The lowest BCUT2D eigenvalue weighted by molar-refractivity contribution is 0.0549. The van der Waals surface area contributed by atoms with Gasteiger partial charge in [0.1, 0.15) is 11.3 Å². The van der Waals surface area contributed by atoms with Crippen molar-refractivity contribution >= 4 is 33.4 Å². The van der Waals surface area contributed by atoms with Gasteiger partial charge in [0.25, 0.3) is 0 Å². The molecule has 0 aliphatic carbocycles. The molecule has 0 bridgehead atoms. The maximum absolute atomic E-state index is 12.7. The molecular formula is C20H17ClN2O6S. The van der Waals surface area contributed by atoms with Crippen molar-refractivity contribution in [3.63, 3.8) is 0 Å². The average Bonchev–Trinajstić information content (AvgIpc) is 3.13. The molecule has 3 rings (SSSR count). The minimum Gasteiger partial charge on any atom is -0.465 e. The van der Waals surface area contributed by atoms with Crippen LogP contribution in [0.4, 0.5) is 0 Å². The van der Waals surface area contributed by atoms with Crippen LogP contribution in [0.25, 0.3) is 16.9 Å². The lowest BCUT2D eigenvalue weighted by Gasteiger charge is -2.08. The van der Waals surface area contributed by atoms with E-state index in [0.717, 1.165) is 20.5 Å². The van der Waals surface area contributed by atoms with Crippen molar-refractivity contribution in [1.82, 2.24) is 9.78 Å². The monoisotopic (exact) mass is 448 g/mol. The van der Waals surface area contributed by atoms with Crippen LogP contribution in [-0.2, 0) is 19.3 Å². The lowest BCUT2D eigenvalue weighted by Crippen LogP contribution is -2.15. The minimum atomic E-state index is -3.75. The minimum absolute atomic E-state index is 0.0526. The van der Waals surface area contributed by atoms with Crippen molar-refractivity contribution in [2.75, 3.05) is 20.5 Å². The summed E-state index contributed by atoms with van der Waals surface area (Å²) >= 11 is 5.99. The second-order valence-corrected chi connectivity index (χ2v) is 8.64. The molecule has 0 fully saturated rings. The highest BCUT2D eigenvalue weighted by molar-refractivity contribution is 7.90. The van der Waals surface area contributed by atoms with Crippen LogP contribution in [-0.4, -0.2) is 50.6 Å². The zero-order valence-corrected chi connectivity index (χ0v) is 17.8. The molecule has 0 N–H and O–H groups in total. The van der Waals surface area contributed by atoms with Crippen LogP contribution in [0.2, 0.25) is 5.02 Å². The number of aromatic nitrogens is 2. The van der Waals surface area contributed by atoms with Crippen LogP contribution in [0.5, 0.6) is 0 Å². The fourth-order valence-electron chi connectivity index (χ4n) is 2.94. The fraction of sp³-hybridized carbons (Fsp3) is 0.150. The highest BCUT2D eigenvalue weighted by Crippen LogP contribution is 2.34. The number of carbonyl (C=O) groups is 2. The largest absolute Gasteiger partial charge is 0.465 e. The quantitative estimate of drug-likeness (QED) is 0.552. The van der Waals surface area contributed by atoms with Gasteiger partial charge in [0, 0.05) is 16.8 Å². The Morgan fingerprint density at radius 1 is 1.00 bits per heavy atom. The molecule has 2 aromatic carbocycles. The molecule has 0 aliphatic heterocycles. The standard InChI is InChI=1S/C20H17ClN2O6S/c1-28-19(24)16-17(14-10-9-12(21)11-15(14)30(3,26)27)22-23(18(16)20(25)29-2)13-7-5-4-6-8-13/h4-11H,1-3H3. The Morgan fingerprint density at radius 3 is 2.20 bits per heavy atom. The summed E-state index contributed by atoms with van der Waals surface area (Å²) in [7, 11) is -1.44. The van der Waals surface area contributed by atoms with E-state index in [-0.39, 0.29) is 32.4 Å². The SMILES string of the molecule is COC(=O)c1c(-c2ccc(Cl)cc2S(C)(=O)=O)nn(-c2ccccc2)c1C(=O)OC. The van der Waals surface area contributed by atoms with E-state index >= 15 is 0 Å². The number of esters is 2. The predicted molar refractivity (Wildman–Crippen MR) is 110 cm³/mol. The molecule has 1 heterocycles. The Labute approximate surface area is 177 Å². The molecule has 1 aromatic heterocycles. The Balaban J connectivity index is 2.47. The second-order valence-electron chi connectivity index (χ2n) is 6.22. The van der Waals surface area contributed by atoms with Gasteiger partial charge in [0.15, 0.2) is 15.5 Å². The van der Waals surface area contributed by atoms with Crippen LogP contribution < -0.4 is 0 Å². The molecule has 0 spiro atoms. The van der Waals surface area contributed by atoms with Crippen molar-refractivity contribution in [2.45, 2.75) is 4.90 Å². The van der Waals surface area contributed by atoms with Gasteiger partial charge in [-0.15, -0.1) is 0 Å². The third-order valence-electron chi connectivity index (χ3n) is 4.25.